The Labute approximate surface area is 123 Å². The molecular formula is C13H10INO2S. The number of carboxylic acids is 1. The van der Waals surface area contributed by atoms with Crippen LogP contribution in [0.15, 0.2) is 47.6 Å². The van der Waals surface area contributed by atoms with Crippen LogP contribution in [-0.4, -0.2) is 16.1 Å². The molecule has 0 saturated heterocycles. The van der Waals surface area contributed by atoms with E-state index in [-0.39, 0.29) is 5.56 Å². The van der Waals surface area contributed by atoms with E-state index >= 15 is 0 Å². The minimum Gasteiger partial charge on any atom is -0.478 e. The van der Waals surface area contributed by atoms with Crippen LogP contribution in [0.5, 0.6) is 0 Å². The number of thioether (sulfide) groups is 1. The van der Waals surface area contributed by atoms with Crippen LogP contribution in [0, 0.1) is 3.57 Å². The highest BCUT2D eigenvalue weighted by molar-refractivity contribution is 14.1. The van der Waals surface area contributed by atoms with Gasteiger partial charge in [-0.25, -0.2) is 9.78 Å². The van der Waals surface area contributed by atoms with Gasteiger partial charge in [-0.3, -0.25) is 0 Å². The maximum absolute atomic E-state index is 10.7. The first kappa shape index (κ1) is 13.4. The number of rotatable bonds is 4. The number of carbonyl (C=O) groups is 1. The van der Waals surface area contributed by atoms with Gasteiger partial charge in [-0.15, -0.1) is 11.8 Å². The van der Waals surface area contributed by atoms with Crippen LogP contribution in [-0.2, 0) is 5.75 Å². The zero-order chi connectivity index (χ0) is 13.0. The van der Waals surface area contributed by atoms with Crippen molar-refractivity contribution >= 4 is 40.3 Å². The first-order valence-electron chi connectivity index (χ1n) is 5.22. The summed E-state index contributed by atoms with van der Waals surface area (Å²) in [6.45, 7) is 0. The highest BCUT2D eigenvalue weighted by atomic mass is 127. The van der Waals surface area contributed by atoms with Gasteiger partial charge in [-0.1, -0.05) is 12.1 Å². The van der Waals surface area contributed by atoms with Crippen molar-refractivity contribution in [1.29, 1.82) is 0 Å². The van der Waals surface area contributed by atoms with Gasteiger partial charge in [0.25, 0.3) is 0 Å². The van der Waals surface area contributed by atoms with E-state index in [4.69, 9.17) is 5.11 Å². The van der Waals surface area contributed by atoms with E-state index in [1.54, 1.807) is 23.9 Å². The maximum Gasteiger partial charge on any atom is 0.337 e. The van der Waals surface area contributed by atoms with Gasteiger partial charge in [-0.05, 0) is 52.4 Å². The van der Waals surface area contributed by atoms with Crippen molar-refractivity contribution in [3.63, 3.8) is 0 Å². The topological polar surface area (TPSA) is 50.2 Å². The smallest absolute Gasteiger partial charge is 0.337 e. The number of carboxylic acid groups (broad SMARTS) is 1. The predicted molar refractivity (Wildman–Crippen MR) is 79.9 cm³/mol. The SMILES string of the molecule is O=C(O)c1ccc(SCc2ccc(I)cc2)nc1. The summed E-state index contributed by atoms with van der Waals surface area (Å²) in [6, 6.07) is 11.6. The number of aromatic carboxylic acids is 1. The van der Waals surface area contributed by atoms with E-state index in [9.17, 15) is 4.79 Å². The molecule has 0 fully saturated rings. The van der Waals surface area contributed by atoms with Crippen LogP contribution in [0.3, 0.4) is 0 Å². The average molecular weight is 371 g/mol. The van der Waals surface area contributed by atoms with E-state index in [1.807, 2.05) is 0 Å². The van der Waals surface area contributed by atoms with E-state index in [0.29, 0.717) is 0 Å². The van der Waals surface area contributed by atoms with Crippen molar-refractivity contribution in [2.45, 2.75) is 10.8 Å². The Hall–Kier alpha value is -1.08. The first-order chi connectivity index (χ1) is 8.65. The van der Waals surface area contributed by atoms with Gasteiger partial charge in [0.05, 0.1) is 10.6 Å². The Morgan fingerprint density at radius 1 is 1.22 bits per heavy atom. The fourth-order valence-corrected chi connectivity index (χ4v) is 2.49. The first-order valence-corrected chi connectivity index (χ1v) is 7.28. The summed E-state index contributed by atoms with van der Waals surface area (Å²) in [5.74, 6) is -0.118. The lowest BCUT2D eigenvalue weighted by atomic mass is 10.2. The summed E-state index contributed by atoms with van der Waals surface area (Å²) >= 11 is 3.86. The summed E-state index contributed by atoms with van der Waals surface area (Å²) in [5.41, 5.74) is 1.44. The van der Waals surface area contributed by atoms with E-state index < -0.39 is 5.97 Å². The summed E-state index contributed by atoms with van der Waals surface area (Å²) < 4.78 is 1.21. The Kier molecular flexibility index (Phi) is 4.60. The Morgan fingerprint density at radius 2 is 1.94 bits per heavy atom. The molecule has 2 aromatic rings. The number of hydrogen-bond acceptors (Lipinski definition) is 3. The monoisotopic (exact) mass is 371 g/mol. The lowest BCUT2D eigenvalue weighted by Crippen LogP contribution is -1.96. The minimum atomic E-state index is -0.948. The molecule has 1 aromatic heterocycles. The second-order valence-corrected chi connectivity index (χ2v) is 5.85. The average Bonchev–Trinajstić information content (AvgIpc) is 2.38. The van der Waals surface area contributed by atoms with Crippen molar-refractivity contribution in [3.05, 3.63) is 57.3 Å². The molecule has 1 N–H and O–H groups in total. The molecule has 0 saturated carbocycles. The number of halogens is 1. The van der Waals surface area contributed by atoms with Gasteiger partial charge in [0.2, 0.25) is 0 Å². The van der Waals surface area contributed by atoms with Gasteiger partial charge >= 0.3 is 5.97 Å². The quantitative estimate of drug-likeness (QED) is 0.658. The van der Waals surface area contributed by atoms with Gasteiger partial charge in [0.15, 0.2) is 0 Å². The largest absolute Gasteiger partial charge is 0.478 e. The van der Waals surface area contributed by atoms with Crippen LogP contribution >= 0.6 is 34.4 Å². The Bertz CT molecular complexity index is 540. The lowest BCUT2D eigenvalue weighted by molar-refractivity contribution is 0.0696. The highest BCUT2D eigenvalue weighted by Gasteiger charge is 2.03. The number of benzene rings is 1. The molecule has 18 heavy (non-hydrogen) atoms. The molecule has 0 unspecified atom stereocenters. The van der Waals surface area contributed by atoms with Gasteiger partial charge in [-0.2, -0.15) is 0 Å². The summed E-state index contributed by atoms with van der Waals surface area (Å²) in [4.78, 5) is 14.8. The summed E-state index contributed by atoms with van der Waals surface area (Å²) in [6.07, 6.45) is 1.39. The van der Waals surface area contributed by atoms with Crippen molar-refractivity contribution in [1.82, 2.24) is 4.98 Å². The minimum absolute atomic E-state index is 0.216. The third-order valence-corrected chi connectivity index (χ3v) is 4.02. The lowest BCUT2D eigenvalue weighted by Gasteiger charge is -2.02. The predicted octanol–water partition coefficient (Wildman–Crippen LogP) is 3.68. The molecule has 0 aliphatic heterocycles. The summed E-state index contributed by atoms with van der Waals surface area (Å²) in [5, 5.41) is 9.59. The molecule has 0 radical (unpaired) electrons. The van der Waals surface area contributed by atoms with Crippen molar-refractivity contribution in [2.24, 2.45) is 0 Å². The normalized spacial score (nSPS) is 10.3. The second kappa shape index (κ2) is 6.19. The number of pyridine rings is 1. The molecule has 0 aliphatic carbocycles. The third-order valence-electron chi connectivity index (χ3n) is 2.28. The Morgan fingerprint density at radius 3 is 2.50 bits per heavy atom. The maximum atomic E-state index is 10.7. The molecule has 1 heterocycles. The van der Waals surface area contributed by atoms with E-state index in [0.717, 1.165) is 10.8 Å². The molecule has 0 aliphatic rings. The molecular weight excluding hydrogens is 361 g/mol. The molecule has 2 rings (SSSR count). The van der Waals surface area contributed by atoms with Crippen molar-refractivity contribution in [2.75, 3.05) is 0 Å². The summed E-state index contributed by atoms with van der Waals surface area (Å²) in [7, 11) is 0. The number of hydrogen-bond donors (Lipinski definition) is 1. The van der Waals surface area contributed by atoms with Crippen molar-refractivity contribution in [3.8, 4) is 0 Å². The number of nitrogens with zero attached hydrogens (tertiary/aromatic N) is 1. The molecule has 1 aromatic carbocycles. The Balaban J connectivity index is 1.97. The molecule has 92 valence electrons. The zero-order valence-corrected chi connectivity index (χ0v) is 12.3. The van der Waals surface area contributed by atoms with Crippen LogP contribution < -0.4 is 0 Å². The standard InChI is InChI=1S/C13H10INO2S/c14-11-4-1-9(2-5-11)8-18-12-6-3-10(7-15-12)13(16)17/h1-7H,8H2,(H,16,17). The zero-order valence-electron chi connectivity index (χ0n) is 9.34. The molecule has 0 atom stereocenters. The van der Waals surface area contributed by atoms with Crippen molar-refractivity contribution < 1.29 is 9.90 Å². The second-order valence-electron chi connectivity index (χ2n) is 3.61. The molecule has 3 nitrogen and oxygen atoms in total. The molecule has 0 amide bonds. The van der Waals surface area contributed by atoms with Crippen LogP contribution in [0.25, 0.3) is 0 Å². The van der Waals surface area contributed by atoms with Crippen LogP contribution in [0.4, 0.5) is 0 Å². The van der Waals surface area contributed by atoms with Crippen LogP contribution in [0.1, 0.15) is 15.9 Å². The fourth-order valence-electron chi connectivity index (χ4n) is 1.33. The molecule has 0 bridgehead atoms. The van der Waals surface area contributed by atoms with Crippen LogP contribution in [0.2, 0.25) is 0 Å². The van der Waals surface area contributed by atoms with E-state index in [1.165, 1.54) is 15.3 Å². The van der Waals surface area contributed by atoms with E-state index in [2.05, 4.69) is 51.8 Å². The highest BCUT2D eigenvalue weighted by Crippen LogP contribution is 2.21. The number of aromatic nitrogens is 1. The van der Waals surface area contributed by atoms with Gasteiger partial charge in [0.1, 0.15) is 0 Å². The van der Waals surface area contributed by atoms with Gasteiger partial charge < -0.3 is 5.11 Å². The van der Waals surface area contributed by atoms with Gasteiger partial charge in [0, 0.05) is 15.5 Å². The molecule has 0 spiro atoms. The third kappa shape index (κ3) is 3.71. The fraction of sp³-hybridized carbons (Fsp3) is 0.0769. The molecule has 5 heteroatoms.